The average molecular weight is 469 g/mol. The molecule has 0 saturated heterocycles. The van der Waals surface area contributed by atoms with Gasteiger partial charge in [0.15, 0.2) is 0 Å². The molecule has 3 heterocycles. The van der Waals surface area contributed by atoms with Crippen molar-refractivity contribution < 1.29 is 28.6 Å². The molecule has 170 valence electrons. The highest BCUT2D eigenvalue weighted by atomic mass is 35.5. The molecule has 0 spiro atoms. The van der Waals surface area contributed by atoms with Gasteiger partial charge in [0.05, 0.1) is 35.5 Å². The summed E-state index contributed by atoms with van der Waals surface area (Å²) in [5.41, 5.74) is 2.78. The molecule has 4 rings (SSSR count). The lowest BCUT2D eigenvalue weighted by molar-refractivity contribution is -0.140. The van der Waals surface area contributed by atoms with E-state index in [2.05, 4.69) is 4.99 Å². The number of hydrogen-bond donors (Lipinski definition) is 1. The van der Waals surface area contributed by atoms with Gasteiger partial charge in [-0.25, -0.2) is 4.79 Å². The van der Waals surface area contributed by atoms with Gasteiger partial charge in [0.2, 0.25) is 0 Å². The maximum absolute atomic E-state index is 13.1. The quantitative estimate of drug-likeness (QED) is 0.379. The number of imide groups is 1. The molecule has 2 aliphatic heterocycles. The Balaban J connectivity index is 1.71. The minimum atomic E-state index is -0.563. The monoisotopic (exact) mass is 468 g/mol. The van der Waals surface area contributed by atoms with Crippen molar-refractivity contribution in [2.75, 3.05) is 26.8 Å². The Morgan fingerprint density at radius 2 is 2.03 bits per heavy atom. The number of esters is 1. The van der Waals surface area contributed by atoms with Gasteiger partial charge in [-0.3, -0.25) is 19.5 Å². The van der Waals surface area contributed by atoms with Gasteiger partial charge in [-0.2, -0.15) is 0 Å². The minimum Gasteiger partial charge on any atom is -0.465 e. The second kappa shape index (κ2) is 9.17. The third-order valence-corrected chi connectivity index (χ3v) is 5.76. The summed E-state index contributed by atoms with van der Waals surface area (Å²) in [4.78, 5) is 43.1. The maximum Gasteiger partial charge on any atom is 0.339 e. The number of methoxy groups -OCH3 is 1. The van der Waals surface area contributed by atoms with Crippen molar-refractivity contribution in [3.8, 4) is 11.3 Å². The van der Waals surface area contributed by atoms with Crippen LogP contribution in [0.3, 0.4) is 0 Å². The molecule has 33 heavy (non-hydrogen) atoms. The number of benzene rings is 1. The summed E-state index contributed by atoms with van der Waals surface area (Å²) in [6.07, 6.45) is 1.87. The van der Waals surface area contributed by atoms with E-state index in [0.717, 1.165) is 4.90 Å². The Bertz CT molecular complexity index is 1250. The van der Waals surface area contributed by atoms with Gasteiger partial charge < -0.3 is 14.3 Å². The fourth-order valence-corrected chi connectivity index (χ4v) is 3.83. The van der Waals surface area contributed by atoms with Crippen LogP contribution in [0.2, 0.25) is 5.02 Å². The van der Waals surface area contributed by atoms with Gasteiger partial charge >= 0.3 is 5.97 Å². The van der Waals surface area contributed by atoms with Crippen LogP contribution in [0.4, 0.5) is 0 Å². The van der Waals surface area contributed by atoms with E-state index in [1.54, 1.807) is 43.3 Å². The van der Waals surface area contributed by atoms with Crippen LogP contribution >= 0.6 is 11.6 Å². The molecule has 1 aromatic carbocycles. The molecule has 1 N–H and O–H groups in total. The lowest BCUT2D eigenvalue weighted by atomic mass is 9.92. The molecule has 0 bridgehead atoms. The molecule has 2 aliphatic rings. The van der Waals surface area contributed by atoms with Crippen LogP contribution in [0.25, 0.3) is 17.4 Å². The van der Waals surface area contributed by atoms with Crippen molar-refractivity contribution in [2.45, 2.75) is 13.3 Å². The summed E-state index contributed by atoms with van der Waals surface area (Å²) in [6.45, 7) is 2.16. The Hall–Kier alpha value is -3.49. The number of amides is 2. The van der Waals surface area contributed by atoms with Crippen LogP contribution in [0, 0.1) is 0 Å². The fraction of sp³-hybridized carbons (Fsp3) is 0.250. The van der Waals surface area contributed by atoms with E-state index in [9.17, 15) is 14.4 Å². The largest absolute Gasteiger partial charge is 0.465 e. The first-order valence-corrected chi connectivity index (χ1v) is 10.6. The van der Waals surface area contributed by atoms with Crippen molar-refractivity contribution in [1.29, 1.82) is 0 Å². The van der Waals surface area contributed by atoms with Crippen LogP contribution in [-0.4, -0.2) is 60.3 Å². The number of aliphatic imine (C=N–C) groups is 1. The molecule has 0 radical (unpaired) electrons. The first-order chi connectivity index (χ1) is 15.8. The number of carbonyl (C=O) groups excluding carboxylic acids is 3. The number of nitrogens with zero attached hydrogens (tertiary/aromatic N) is 2. The van der Waals surface area contributed by atoms with E-state index in [4.69, 9.17) is 25.9 Å². The molecule has 0 fully saturated rings. The van der Waals surface area contributed by atoms with E-state index in [0.29, 0.717) is 46.1 Å². The van der Waals surface area contributed by atoms with Crippen molar-refractivity contribution >= 4 is 41.2 Å². The summed E-state index contributed by atoms with van der Waals surface area (Å²) in [6, 6.07) is 8.26. The zero-order valence-electron chi connectivity index (χ0n) is 18.1. The van der Waals surface area contributed by atoms with Crippen LogP contribution in [0.15, 0.2) is 56.5 Å². The Morgan fingerprint density at radius 1 is 1.27 bits per heavy atom. The summed E-state index contributed by atoms with van der Waals surface area (Å²) in [5.74, 6) is -0.541. The lowest BCUT2D eigenvalue weighted by Gasteiger charge is -2.28. The zero-order valence-corrected chi connectivity index (χ0v) is 18.8. The molecule has 0 saturated carbocycles. The molecular formula is C24H21ClN2O6. The Morgan fingerprint density at radius 3 is 2.70 bits per heavy atom. The molecule has 9 heteroatoms. The van der Waals surface area contributed by atoms with E-state index >= 15 is 0 Å². The van der Waals surface area contributed by atoms with Crippen molar-refractivity contribution in [2.24, 2.45) is 4.99 Å². The first-order valence-electron chi connectivity index (χ1n) is 10.3. The number of rotatable bonds is 7. The average Bonchev–Trinajstić information content (AvgIpc) is 3.53. The predicted octanol–water partition coefficient (Wildman–Crippen LogP) is 3.29. The number of carbonyl (C=O) groups is 3. The fourth-order valence-electron chi connectivity index (χ4n) is 3.64. The van der Waals surface area contributed by atoms with Gasteiger partial charge in [0.25, 0.3) is 11.8 Å². The van der Waals surface area contributed by atoms with Crippen molar-refractivity contribution in [1.82, 2.24) is 4.90 Å². The van der Waals surface area contributed by atoms with E-state index < -0.39 is 17.8 Å². The second-order valence-corrected chi connectivity index (χ2v) is 7.96. The standard InChI is InChI=1S/C24H21ClN2O6/c1-13-16(22(29)27(8-3-9-28)23(30)21(13)19-12-26-19)11-15-5-7-20(33-15)14-4-6-18(25)17(10-14)24(31)32-2/h4-7,10-11,28H,3,8-9,12H2,1-2H3/b16-11-. The predicted molar refractivity (Wildman–Crippen MR) is 122 cm³/mol. The number of halogens is 1. The lowest BCUT2D eigenvalue weighted by Crippen LogP contribution is -2.44. The van der Waals surface area contributed by atoms with Crippen LogP contribution < -0.4 is 0 Å². The minimum absolute atomic E-state index is 0.111. The van der Waals surface area contributed by atoms with Gasteiger partial charge in [-0.1, -0.05) is 11.6 Å². The SMILES string of the molecule is COC(=O)c1cc(-c2ccc(/C=C3\C(=O)N(CCCO)C(=O)C(C4=NC4)=C3C)o2)ccc1Cl. The first kappa shape index (κ1) is 22.7. The molecule has 2 amide bonds. The highest BCUT2D eigenvalue weighted by Gasteiger charge is 2.39. The second-order valence-electron chi connectivity index (χ2n) is 7.55. The van der Waals surface area contributed by atoms with Gasteiger partial charge in [0, 0.05) is 24.3 Å². The third kappa shape index (κ3) is 4.40. The van der Waals surface area contributed by atoms with Crippen molar-refractivity contribution in [3.05, 3.63) is 63.4 Å². The number of ether oxygens (including phenoxy) is 1. The third-order valence-electron chi connectivity index (χ3n) is 5.43. The molecular weight excluding hydrogens is 448 g/mol. The molecule has 0 aliphatic carbocycles. The number of furan rings is 1. The number of aliphatic hydroxyl groups excluding tert-OH is 1. The normalized spacial score (nSPS) is 17.0. The van der Waals surface area contributed by atoms with Crippen LogP contribution in [0.1, 0.15) is 29.5 Å². The highest BCUT2D eigenvalue weighted by molar-refractivity contribution is 6.34. The van der Waals surface area contributed by atoms with Crippen LogP contribution in [0.5, 0.6) is 0 Å². The topological polar surface area (TPSA) is 109 Å². The van der Waals surface area contributed by atoms with Gasteiger partial charge in [-0.05, 0) is 55.3 Å². The summed E-state index contributed by atoms with van der Waals surface area (Å²) in [7, 11) is 1.27. The zero-order chi connectivity index (χ0) is 23.7. The maximum atomic E-state index is 13.1. The smallest absolute Gasteiger partial charge is 0.339 e. The van der Waals surface area contributed by atoms with Gasteiger partial charge in [-0.15, -0.1) is 0 Å². The number of aliphatic hydroxyl groups is 1. The summed E-state index contributed by atoms with van der Waals surface area (Å²) < 4.78 is 10.7. The summed E-state index contributed by atoms with van der Waals surface area (Å²) in [5, 5.41) is 9.42. The summed E-state index contributed by atoms with van der Waals surface area (Å²) >= 11 is 6.09. The molecule has 0 atom stereocenters. The Labute approximate surface area is 194 Å². The highest BCUT2D eigenvalue weighted by Crippen LogP contribution is 2.32. The van der Waals surface area contributed by atoms with E-state index in [1.165, 1.54) is 7.11 Å². The van der Waals surface area contributed by atoms with Gasteiger partial charge in [0.1, 0.15) is 11.5 Å². The van der Waals surface area contributed by atoms with Crippen LogP contribution in [-0.2, 0) is 14.3 Å². The number of hydrogen-bond acceptors (Lipinski definition) is 7. The molecule has 1 aromatic heterocycles. The van der Waals surface area contributed by atoms with E-state index in [1.807, 2.05) is 0 Å². The molecule has 0 unspecified atom stereocenters. The molecule has 2 aromatic rings. The Kier molecular flexibility index (Phi) is 6.31. The van der Waals surface area contributed by atoms with Crippen molar-refractivity contribution in [3.63, 3.8) is 0 Å². The molecule has 8 nitrogen and oxygen atoms in total. The van der Waals surface area contributed by atoms with E-state index in [-0.39, 0.29) is 30.2 Å².